The first-order valence-corrected chi connectivity index (χ1v) is 13.9. The molecule has 0 radical (unpaired) electrons. The van der Waals surface area contributed by atoms with Crippen molar-refractivity contribution in [2.45, 2.75) is 0 Å². The molecule has 9 aromatic rings. The minimum Gasteiger partial charge on any atom is -0.308 e. The van der Waals surface area contributed by atoms with Crippen molar-refractivity contribution in [3.8, 4) is 5.69 Å². The second kappa shape index (κ2) is 7.44. The van der Waals surface area contributed by atoms with Crippen molar-refractivity contribution in [2.75, 3.05) is 0 Å². The standard InChI is InChI=1S/C36H21NS/c1-2-12-22(13-3-1)37-34-27-18-8-5-15-24(27)23-14-4-6-16-25(23)32(34)33-35(37)28-19-9-7-17-26(28)31-29-20-10-11-21-30(29)38-36(31)33/h1-21H. The van der Waals surface area contributed by atoms with E-state index in [0.717, 1.165) is 0 Å². The summed E-state index contributed by atoms with van der Waals surface area (Å²) in [5.41, 5.74) is 3.77. The number of para-hydroxylation sites is 1. The molecular formula is C36H21NS. The maximum absolute atomic E-state index is 2.53. The maximum Gasteiger partial charge on any atom is 0.0634 e. The summed E-state index contributed by atoms with van der Waals surface area (Å²) in [4.78, 5) is 0. The Morgan fingerprint density at radius 1 is 0.368 bits per heavy atom. The Labute approximate surface area is 222 Å². The number of nitrogens with zero attached hydrogens (tertiary/aromatic N) is 1. The summed E-state index contributed by atoms with van der Waals surface area (Å²) in [6.07, 6.45) is 0. The first-order valence-electron chi connectivity index (χ1n) is 13.0. The van der Waals surface area contributed by atoms with Crippen LogP contribution in [0.15, 0.2) is 127 Å². The molecule has 0 N–H and O–H groups in total. The zero-order chi connectivity index (χ0) is 24.8. The zero-order valence-electron chi connectivity index (χ0n) is 20.5. The van der Waals surface area contributed by atoms with Crippen LogP contribution in [0.3, 0.4) is 0 Å². The fraction of sp³-hybridized carbons (Fsp3) is 0. The fourth-order valence-corrected chi connectivity index (χ4v) is 7.93. The highest BCUT2D eigenvalue weighted by Crippen LogP contribution is 2.50. The molecule has 1 nitrogen and oxygen atoms in total. The van der Waals surface area contributed by atoms with E-state index < -0.39 is 0 Å². The van der Waals surface area contributed by atoms with Crippen LogP contribution in [0.5, 0.6) is 0 Å². The Balaban J connectivity index is 1.74. The van der Waals surface area contributed by atoms with E-state index in [1.54, 1.807) is 0 Å². The molecule has 7 aromatic carbocycles. The second-order valence-electron chi connectivity index (χ2n) is 10.1. The molecule has 38 heavy (non-hydrogen) atoms. The van der Waals surface area contributed by atoms with Gasteiger partial charge in [-0.3, -0.25) is 0 Å². The molecule has 0 unspecified atom stereocenters. The lowest BCUT2D eigenvalue weighted by Crippen LogP contribution is -1.95. The van der Waals surface area contributed by atoms with Crippen molar-refractivity contribution >= 4 is 85.6 Å². The highest BCUT2D eigenvalue weighted by atomic mass is 32.1. The molecule has 0 spiro atoms. The minimum absolute atomic E-state index is 1.19. The first kappa shape index (κ1) is 20.4. The molecule has 2 heterocycles. The lowest BCUT2D eigenvalue weighted by molar-refractivity contribution is 1.19. The van der Waals surface area contributed by atoms with Gasteiger partial charge in [0.1, 0.15) is 0 Å². The summed E-state index contributed by atoms with van der Waals surface area (Å²) in [6.45, 7) is 0. The maximum atomic E-state index is 2.53. The molecule has 0 saturated heterocycles. The van der Waals surface area contributed by atoms with Gasteiger partial charge in [0, 0.05) is 47.4 Å². The van der Waals surface area contributed by atoms with Crippen molar-refractivity contribution in [3.63, 3.8) is 0 Å². The number of hydrogen-bond donors (Lipinski definition) is 0. The van der Waals surface area contributed by atoms with Crippen LogP contribution < -0.4 is 0 Å². The molecule has 0 aliphatic carbocycles. The van der Waals surface area contributed by atoms with Crippen LogP contribution in [0.2, 0.25) is 0 Å². The van der Waals surface area contributed by atoms with Gasteiger partial charge in [-0.15, -0.1) is 11.3 Å². The number of thiophene rings is 1. The van der Waals surface area contributed by atoms with Crippen LogP contribution in [0.1, 0.15) is 0 Å². The normalized spacial score (nSPS) is 12.2. The summed E-state index contributed by atoms with van der Waals surface area (Å²) in [6, 6.07) is 46.6. The van der Waals surface area contributed by atoms with E-state index in [4.69, 9.17) is 0 Å². The molecular weight excluding hydrogens is 478 g/mol. The Morgan fingerprint density at radius 3 is 1.55 bits per heavy atom. The quantitative estimate of drug-likeness (QED) is 0.198. The topological polar surface area (TPSA) is 4.93 Å². The Kier molecular flexibility index (Phi) is 3.99. The van der Waals surface area contributed by atoms with Gasteiger partial charge in [-0.25, -0.2) is 0 Å². The van der Waals surface area contributed by atoms with Crippen molar-refractivity contribution in [1.29, 1.82) is 0 Å². The number of hydrogen-bond acceptors (Lipinski definition) is 1. The van der Waals surface area contributed by atoms with Crippen molar-refractivity contribution in [2.24, 2.45) is 0 Å². The SMILES string of the molecule is c1ccc(-n2c3c4ccccc4c4ccccc4c3c3c4sc5ccccc5c4c4ccccc4c32)cc1. The molecule has 0 fully saturated rings. The summed E-state index contributed by atoms with van der Waals surface area (Å²) in [7, 11) is 0. The molecule has 0 amide bonds. The third-order valence-corrected chi connectivity index (χ3v) is 9.32. The lowest BCUT2D eigenvalue weighted by atomic mass is 9.95. The molecule has 0 bridgehead atoms. The van der Waals surface area contributed by atoms with Crippen molar-refractivity contribution < 1.29 is 0 Å². The van der Waals surface area contributed by atoms with Crippen molar-refractivity contribution in [3.05, 3.63) is 127 Å². The van der Waals surface area contributed by atoms with Gasteiger partial charge in [0.15, 0.2) is 0 Å². The average molecular weight is 500 g/mol. The molecule has 0 aliphatic heterocycles. The molecule has 2 aromatic heterocycles. The second-order valence-corrected chi connectivity index (χ2v) is 11.1. The van der Waals surface area contributed by atoms with Gasteiger partial charge in [-0.05, 0) is 39.7 Å². The van der Waals surface area contributed by atoms with E-state index >= 15 is 0 Å². The van der Waals surface area contributed by atoms with Gasteiger partial charge in [0.2, 0.25) is 0 Å². The molecule has 176 valence electrons. The fourth-order valence-electron chi connectivity index (χ4n) is 6.66. The molecule has 0 saturated carbocycles. The van der Waals surface area contributed by atoms with Gasteiger partial charge in [-0.2, -0.15) is 0 Å². The Bertz CT molecular complexity index is 2390. The van der Waals surface area contributed by atoms with Crippen LogP contribution in [0.25, 0.3) is 80.0 Å². The predicted molar refractivity (Wildman–Crippen MR) is 166 cm³/mol. The van der Waals surface area contributed by atoms with E-state index in [-0.39, 0.29) is 0 Å². The highest BCUT2D eigenvalue weighted by Gasteiger charge is 2.24. The Morgan fingerprint density at radius 2 is 0.842 bits per heavy atom. The Hall–Kier alpha value is -4.66. The third-order valence-electron chi connectivity index (χ3n) is 8.13. The largest absolute Gasteiger partial charge is 0.308 e. The van der Waals surface area contributed by atoms with E-state index in [2.05, 4.69) is 132 Å². The third kappa shape index (κ3) is 2.50. The van der Waals surface area contributed by atoms with Crippen LogP contribution in [-0.4, -0.2) is 4.57 Å². The highest BCUT2D eigenvalue weighted by molar-refractivity contribution is 7.27. The van der Waals surface area contributed by atoms with Gasteiger partial charge < -0.3 is 4.57 Å². The molecule has 9 rings (SSSR count). The van der Waals surface area contributed by atoms with Crippen LogP contribution >= 0.6 is 11.3 Å². The van der Waals surface area contributed by atoms with Gasteiger partial charge >= 0.3 is 0 Å². The minimum atomic E-state index is 1.19. The van der Waals surface area contributed by atoms with E-state index in [1.165, 1.54) is 80.0 Å². The lowest BCUT2D eigenvalue weighted by Gasteiger charge is -2.12. The smallest absolute Gasteiger partial charge is 0.0634 e. The first-order chi connectivity index (χ1) is 18.9. The molecule has 0 aliphatic rings. The average Bonchev–Trinajstić information content (AvgIpc) is 3.55. The van der Waals surface area contributed by atoms with Crippen LogP contribution in [-0.2, 0) is 0 Å². The number of aromatic nitrogens is 1. The van der Waals surface area contributed by atoms with Gasteiger partial charge in [0.05, 0.1) is 11.0 Å². The van der Waals surface area contributed by atoms with E-state index in [0.29, 0.717) is 0 Å². The zero-order valence-corrected chi connectivity index (χ0v) is 21.3. The van der Waals surface area contributed by atoms with E-state index in [1.807, 2.05) is 11.3 Å². The summed E-state index contributed by atoms with van der Waals surface area (Å²) < 4.78 is 5.25. The molecule has 0 atom stereocenters. The van der Waals surface area contributed by atoms with Crippen LogP contribution in [0, 0.1) is 0 Å². The summed E-state index contributed by atoms with van der Waals surface area (Å²) in [5, 5.41) is 13.3. The summed E-state index contributed by atoms with van der Waals surface area (Å²) >= 11 is 1.93. The monoisotopic (exact) mass is 499 g/mol. The van der Waals surface area contributed by atoms with Gasteiger partial charge in [-0.1, -0.05) is 109 Å². The van der Waals surface area contributed by atoms with Gasteiger partial charge in [0.25, 0.3) is 0 Å². The number of rotatable bonds is 1. The number of benzene rings is 7. The molecule has 2 heteroatoms. The van der Waals surface area contributed by atoms with Crippen molar-refractivity contribution in [1.82, 2.24) is 4.57 Å². The number of fused-ring (bicyclic) bond motifs is 15. The van der Waals surface area contributed by atoms with E-state index in [9.17, 15) is 0 Å². The summed E-state index contributed by atoms with van der Waals surface area (Å²) in [5.74, 6) is 0. The predicted octanol–water partition coefficient (Wildman–Crippen LogP) is 10.6. The van der Waals surface area contributed by atoms with Crippen LogP contribution in [0.4, 0.5) is 0 Å².